The second kappa shape index (κ2) is 4.72. The zero-order chi connectivity index (χ0) is 12.4. The van der Waals surface area contributed by atoms with E-state index in [-0.39, 0.29) is 11.9 Å². The molecular formula is C13H13ClN2O. The number of amides is 1. The molecule has 1 amide bonds. The maximum atomic E-state index is 11.7. The van der Waals surface area contributed by atoms with Crippen molar-refractivity contribution in [1.29, 1.82) is 0 Å². The van der Waals surface area contributed by atoms with Gasteiger partial charge >= 0.3 is 0 Å². The number of nitrogens with zero attached hydrogens (tertiary/aromatic N) is 2. The van der Waals surface area contributed by atoms with Crippen LogP contribution in [-0.4, -0.2) is 22.3 Å². The fourth-order valence-electron chi connectivity index (χ4n) is 2.11. The zero-order valence-corrected chi connectivity index (χ0v) is 10.2. The lowest BCUT2D eigenvalue weighted by Crippen LogP contribution is -2.38. The third-order valence-corrected chi connectivity index (χ3v) is 3.11. The van der Waals surface area contributed by atoms with Crippen molar-refractivity contribution in [2.45, 2.75) is 12.5 Å². The first kappa shape index (κ1) is 11.9. The minimum atomic E-state index is -0.144. The van der Waals surface area contributed by atoms with Gasteiger partial charge in [-0.05, 0) is 12.1 Å². The minimum absolute atomic E-state index is 0.0875. The lowest BCUT2D eigenvalue weighted by molar-refractivity contribution is -0.127. The Morgan fingerprint density at radius 1 is 1.53 bits per heavy atom. The maximum Gasteiger partial charge on any atom is 0.246 e. The molecule has 4 heteroatoms. The summed E-state index contributed by atoms with van der Waals surface area (Å²) in [6.45, 7) is 7.91. The SMILES string of the molecule is C=CC(=O)N1CCc2nc(Cl)ccc2C1C=C. The van der Waals surface area contributed by atoms with Crippen molar-refractivity contribution in [3.8, 4) is 0 Å². The summed E-state index contributed by atoms with van der Waals surface area (Å²) in [5.74, 6) is -0.0875. The van der Waals surface area contributed by atoms with E-state index in [0.717, 1.165) is 11.3 Å². The van der Waals surface area contributed by atoms with Gasteiger partial charge in [0.25, 0.3) is 0 Å². The molecule has 1 unspecified atom stereocenters. The van der Waals surface area contributed by atoms with Crippen molar-refractivity contribution in [1.82, 2.24) is 9.88 Å². The Labute approximate surface area is 105 Å². The summed E-state index contributed by atoms with van der Waals surface area (Å²) in [6, 6.07) is 3.49. The minimum Gasteiger partial charge on any atom is -0.328 e. The molecule has 0 fully saturated rings. The van der Waals surface area contributed by atoms with E-state index in [1.807, 2.05) is 6.07 Å². The van der Waals surface area contributed by atoms with Gasteiger partial charge < -0.3 is 4.90 Å². The molecule has 0 aromatic carbocycles. The number of aromatic nitrogens is 1. The van der Waals surface area contributed by atoms with Crippen LogP contribution in [0.25, 0.3) is 0 Å². The third-order valence-electron chi connectivity index (χ3n) is 2.90. The molecule has 0 bridgehead atoms. The molecule has 0 saturated carbocycles. The Balaban J connectivity index is 2.43. The summed E-state index contributed by atoms with van der Waals surface area (Å²) in [5, 5.41) is 0.482. The highest BCUT2D eigenvalue weighted by Gasteiger charge is 2.28. The van der Waals surface area contributed by atoms with Gasteiger partial charge in [0.05, 0.1) is 6.04 Å². The lowest BCUT2D eigenvalue weighted by atomic mass is 9.97. The van der Waals surface area contributed by atoms with E-state index in [1.165, 1.54) is 6.08 Å². The van der Waals surface area contributed by atoms with Gasteiger partial charge in [-0.1, -0.05) is 30.3 Å². The first-order chi connectivity index (χ1) is 8.17. The maximum absolute atomic E-state index is 11.7. The van der Waals surface area contributed by atoms with Crippen LogP contribution < -0.4 is 0 Å². The van der Waals surface area contributed by atoms with Gasteiger partial charge in [0.2, 0.25) is 5.91 Å². The number of halogens is 1. The molecule has 3 nitrogen and oxygen atoms in total. The van der Waals surface area contributed by atoms with E-state index < -0.39 is 0 Å². The predicted octanol–water partition coefficient (Wildman–Crippen LogP) is 2.53. The van der Waals surface area contributed by atoms with Crippen LogP contribution in [0.3, 0.4) is 0 Å². The summed E-state index contributed by atoms with van der Waals surface area (Å²) in [5.41, 5.74) is 1.93. The van der Waals surface area contributed by atoms with E-state index in [9.17, 15) is 4.79 Å². The molecule has 1 aromatic rings. The van der Waals surface area contributed by atoms with Gasteiger partial charge in [-0.2, -0.15) is 0 Å². The molecule has 0 saturated heterocycles. The highest BCUT2D eigenvalue weighted by molar-refractivity contribution is 6.29. The van der Waals surface area contributed by atoms with Crippen molar-refractivity contribution >= 4 is 17.5 Å². The molecule has 0 spiro atoms. The summed E-state index contributed by atoms with van der Waals surface area (Å²) >= 11 is 5.86. The summed E-state index contributed by atoms with van der Waals surface area (Å²) in [6.07, 6.45) is 3.78. The summed E-state index contributed by atoms with van der Waals surface area (Å²) in [4.78, 5) is 17.7. The molecule has 0 N–H and O–H groups in total. The van der Waals surface area contributed by atoms with Crippen LogP contribution in [0.15, 0.2) is 37.4 Å². The Hall–Kier alpha value is -1.61. The van der Waals surface area contributed by atoms with Gasteiger partial charge in [-0.3, -0.25) is 4.79 Å². The largest absolute Gasteiger partial charge is 0.328 e. The van der Waals surface area contributed by atoms with Gasteiger partial charge in [0.1, 0.15) is 5.15 Å². The average Bonchev–Trinajstić information content (AvgIpc) is 2.36. The van der Waals surface area contributed by atoms with Crippen molar-refractivity contribution in [2.75, 3.05) is 6.54 Å². The fourth-order valence-corrected chi connectivity index (χ4v) is 2.27. The summed E-state index contributed by atoms with van der Waals surface area (Å²) in [7, 11) is 0. The van der Waals surface area contributed by atoms with Crippen molar-refractivity contribution in [3.05, 3.63) is 53.9 Å². The van der Waals surface area contributed by atoms with Gasteiger partial charge in [0, 0.05) is 24.2 Å². The third kappa shape index (κ3) is 2.11. The lowest BCUT2D eigenvalue weighted by Gasteiger charge is -2.34. The molecule has 1 atom stereocenters. The smallest absolute Gasteiger partial charge is 0.246 e. The topological polar surface area (TPSA) is 33.2 Å². The molecule has 2 rings (SSSR count). The van der Waals surface area contributed by atoms with Crippen LogP contribution >= 0.6 is 11.6 Å². The quantitative estimate of drug-likeness (QED) is 0.458. The standard InChI is InChI=1S/C13H13ClN2O/c1-3-11-9-5-6-12(14)15-10(9)7-8-16(11)13(17)4-2/h3-6,11H,1-2,7-8H2. The normalized spacial score (nSPS) is 18.4. The zero-order valence-electron chi connectivity index (χ0n) is 9.40. The van der Waals surface area contributed by atoms with Crippen molar-refractivity contribution < 1.29 is 4.79 Å². The van der Waals surface area contributed by atoms with Crippen molar-refractivity contribution in [3.63, 3.8) is 0 Å². The van der Waals surface area contributed by atoms with E-state index >= 15 is 0 Å². The van der Waals surface area contributed by atoms with Gasteiger partial charge in [-0.15, -0.1) is 6.58 Å². The van der Waals surface area contributed by atoms with E-state index in [1.54, 1.807) is 17.0 Å². The van der Waals surface area contributed by atoms with Crippen LogP contribution in [-0.2, 0) is 11.2 Å². The predicted molar refractivity (Wildman–Crippen MR) is 67.8 cm³/mol. The van der Waals surface area contributed by atoms with Gasteiger partial charge in [-0.25, -0.2) is 4.98 Å². The van der Waals surface area contributed by atoms with E-state index in [4.69, 9.17) is 11.6 Å². The Bertz CT molecular complexity index is 484. The fraction of sp³-hybridized carbons (Fsp3) is 0.231. The van der Waals surface area contributed by atoms with Crippen LogP contribution in [0.2, 0.25) is 5.15 Å². The number of fused-ring (bicyclic) bond motifs is 1. The molecule has 1 aromatic heterocycles. The Kier molecular flexibility index (Phi) is 3.29. The first-order valence-electron chi connectivity index (χ1n) is 5.38. The molecule has 2 heterocycles. The second-order valence-corrected chi connectivity index (χ2v) is 4.22. The monoisotopic (exact) mass is 248 g/mol. The second-order valence-electron chi connectivity index (χ2n) is 3.84. The van der Waals surface area contributed by atoms with E-state index in [0.29, 0.717) is 18.1 Å². The number of hydrogen-bond acceptors (Lipinski definition) is 2. The number of carbonyl (C=O) groups is 1. The average molecular weight is 249 g/mol. The number of rotatable bonds is 2. The molecule has 1 aliphatic rings. The van der Waals surface area contributed by atoms with Gasteiger partial charge in [0.15, 0.2) is 0 Å². The Morgan fingerprint density at radius 2 is 2.29 bits per heavy atom. The highest BCUT2D eigenvalue weighted by Crippen LogP contribution is 2.30. The molecule has 1 aliphatic heterocycles. The molecule has 88 valence electrons. The molecule has 0 aliphatic carbocycles. The van der Waals surface area contributed by atoms with Crippen LogP contribution in [0, 0.1) is 0 Å². The van der Waals surface area contributed by atoms with Crippen LogP contribution in [0.1, 0.15) is 17.3 Å². The Morgan fingerprint density at radius 3 is 2.94 bits per heavy atom. The highest BCUT2D eigenvalue weighted by atomic mass is 35.5. The first-order valence-corrected chi connectivity index (χ1v) is 5.76. The molecule has 17 heavy (non-hydrogen) atoms. The van der Waals surface area contributed by atoms with Crippen LogP contribution in [0.4, 0.5) is 0 Å². The number of carbonyl (C=O) groups excluding carboxylic acids is 1. The number of hydrogen-bond donors (Lipinski definition) is 0. The van der Waals surface area contributed by atoms with E-state index in [2.05, 4.69) is 18.1 Å². The molecular weight excluding hydrogens is 236 g/mol. The number of pyridine rings is 1. The van der Waals surface area contributed by atoms with Crippen LogP contribution in [0.5, 0.6) is 0 Å². The van der Waals surface area contributed by atoms with Crippen molar-refractivity contribution in [2.24, 2.45) is 0 Å². The summed E-state index contributed by atoms with van der Waals surface area (Å²) < 4.78 is 0. The molecule has 0 radical (unpaired) electrons.